The van der Waals surface area contributed by atoms with E-state index in [0.717, 1.165) is 19.2 Å². The number of anilines is 1. The van der Waals surface area contributed by atoms with E-state index in [0.29, 0.717) is 11.3 Å². The number of methoxy groups -OCH3 is 1. The molecule has 1 atom stereocenters. The highest BCUT2D eigenvalue weighted by atomic mass is 19.4. The second kappa shape index (κ2) is 7.37. The Morgan fingerprint density at radius 1 is 1.22 bits per heavy atom. The number of hydrogen-bond donors (Lipinski definition) is 1. The summed E-state index contributed by atoms with van der Waals surface area (Å²) in [5.41, 5.74) is 6.53. The first-order chi connectivity index (χ1) is 12.4. The van der Waals surface area contributed by atoms with Crippen molar-refractivity contribution in [1.29, 1.82) is 0 Å². The van der Waals surface area contributed by atoms with Crippen molar-refractivity contribution >= 4 is 12.2 Å². The van der Waals surface area contributed by atoms with Crippen LogP contribution in [0.25, 0.3) is 0 Å². The highest BCUT2D eigenvalue weighted by Gasteiger charge is 2.59. The van der Waals surface area contributed by atoms with Crippen molar-refractivity contribution in [2.24, 2.45) is 5.10 Å². The Hall–Kier alpha value is -2.92. The van der Waals surface area contributed by atoms with Crippen LogP contribution in [-0.4, -0.2) is 41.4 Å². The molecule has 1 aromatic carbocycles. The molecule has 0 aliphatic heterocycles. The van der Waals surface area contributed by atoms with Crippen LogP contribution in [-0.2, 0) is 0 Å². The Morgan fingerprint density at radius 2 is 1.89 bits per heavy atom. The lowest BCUT2D eigenvalue weighted by Gasteiger charge is -2.24. The van der Waals surface area contributed by atoms with Gasteiger partial charge in [0, 0.05) is 0 Å². The van der Waals surface area contributed by atoms with Crippen LogP contribution >= 0.6 is 0 Å². The number of halogens is 6. The van der Waals surface area contributed by atoms with Crippen molar-refractivity contribution in [2.75, 3.05) is 12.8 Å². The molecule has 0 amide bonds. The topological polar surface area (TPSA) is 74.7 Å². The number of rotatable bonds is 6. The molecule has 1 unspecified atom stereocenters. The highest BCUT2D eigenvalue weighted by molar-refractivity contribution is 5.81. The number of nitrogen functional groups attached to an aromatic ring is 1. The van der Waals surface area contributed by atoms with Gasteiger partial charge in [0.1, 0.15) is 0 Å². The van der Waals surface area contributed by atoms with E-state index < -0.39 is 24.2 Å². The number of ether oxygens (including phenoxy) is 2. The Bertz CT molecular complexity index is 834. The summed E-state index contributed by atoms with van der Waals surface area (Å²) in [7, 11) is 1.08. The molecule has 0 radical (unpaired) electrons. The summed E-state index contributed by atoms with van der Waals surface area (Å²) in [4.78, 5) is 3.92. The second-order valence-electron chi connectivity index (χ2n) is 5.31. The van der Waals surface area contributed by atoms with Crippen molar-refractivity contribution < 1.29 is 35.8 Å². The van der Waals surface area contributed by atoms with Gasteiger partial charge in [0.25, 0.3) is 6.17 Å². The summed E-state index contributed by atoms with van der Waals surface area (Å²) in [6.45, 7) is 1.69. The number of nitrogens with two attached hydrogens (primary N) is 1. The predicted octanol–water partition coefficient (Wildman–Crippen LogP) is 3.54. The molecule has 0 aliphatic carbocycles. The fourth-order valence-corrected chi connectivity index (χ4v) is 1.96. The predicted molar refractivity (Wildman–Crippen MR) is 83.9 cm³/mol. The quantitative estimate of drug-likeness (QED) is 0.599. The first-order valence-corrected chi connectivity index (χ1v) is 7.25. The molecule has 1 heterocycles. The molecule has 1 aromatic heterocycles. The molecule has 2 aromatic rings. The third-order valence-corrected chi connectivity index (χ3v) is 3.18. The van der Waals surface area contributed by atoms with Crippen LogP contribution in [0, 0.1) is 6.92 Å². The van der Waals surface area contributed by atoms with Gasteiger partial charge in [-0.3, -0.25) is 0 Å². The summed E-state index contributed by atoms with van der Waals surface area (Å²) < 4.78 is 86.3. The number of alkyl halides is 6. The van der Waals surface area contributed by atoms with E-state index in [1.54, 1.807) is 6.92 Å². The van der Waals surface area contributed by atoms with Crippen LogP contribution in [0.2, 0.25) is 0 Å². The molecule has 0 spiro atoms. The lowest BCUT2D eigenvalue weighted by Crippen LogP contribution is -2.45. The largest absolute Gasteiger partial charge is 0.493 e. The number of nitrogens with zero attached hydrogens (tertiary/aromatic N) is 3. The van der Waals surface area contributed by atoms with Crippen LogP contribution < -0.4 is 15.2 Å². The van der Waals surface area contributed by atoms with E-state index in [9.17, 15) is 26.3 Å². The molecule has 0 saturated heterocycles. The lowest BCUT2D eigenvalue weighted by molar-refractivity contribution is -0.305. The van der Waals surface area contributed by atoms with Gasteiger partial charge < -0.3 is 15.2 Å². The van der Waals surface area contributed by atoms with Crippen molar-refractivity contribution in [3.05, 3.63) is 35.7 Å². The Labute approximate surface area is 149 Å². The van der Waals surface area contributed by atoms with Crippen molar-refractivity contribution in [2.45, 2.75) is 25.4 Å². The van der Waals surface area contributed by atoms with Gasteiger partial charge in [-0.1, -0.05) is 0 Å². The zero-order valence-corrected chi connectivity index (χ0v) is 14.0. The molecule has 2 rings (SSSR count). The average molecular weight is 396 g/mol. The van der Waals surface area contributed by atoms with Gasteiger partial charge in [0.15, 0.2) is 11.5 Å². The van der Waals surface area contributed by atoms with Gasteiger partial charge in [0.05, 0.1) is 25.2 Å². The third-order valence-electron chi connectivity index (χ3n) is 3.18. The molecule has 2 N–H and O–H groups in total. The minimum atomic E-state index is -5.79. The average Bonchev–Trinajstić information content (AvgIpc) is 2.89. The molecule has 12 heteroatoms. The van der Waals surface area contributed by atoms with Crippen LogP contribution in [0.15, 0.2) is 29.5 Å². The summed E-state index contributed by atoms with van der Waals surface area (Å²) in [5.74, 6) is -1.01. The fourth-order valence-electron chi connectivity index (χ4n) is 1.96. The van der Waals surface area contributed by atoms with E-state index in [-0.39, 0.29) is 11.7 Å². The van der Waals surface area contributed by atoms with E-state index in [1.807, 2.05) is 0 Å². The zero-order valence-electron chi connectivity index (χ0n) is 14.0. The maximum absolute atomic E-state index is 13.4. The lowest BCUT2D eigenvalue weighted by atomic mass is 10.2. The Morgan fingerprint density at radius 3 is 2.41 bits per heavy atom. The number of imidazole rings is 1. The van der Waals surface area contributed by atoms with Gasteiger partial charge in [-0.2, -0.15) is 27.1 Å². The SMILES string of the molecule is COc1cc(C=Nn2cc(C)nc2N)ccc1OC(F)(F)C(F)C(F)(F)F. The minimum Gasteiger partial charge on any atom is -0.493 e. The number of aryl methyl sites for hydroxylation is 1. The maximum atomic E-state index is 13.4. The number of hydrogen-bond acceptors (Lipinski definition) is 5. The standard InChI is InChI=1S/C15H14F6N4O2/c1-8-7-25(13(22)24-8)23-6-9-3-4-10(11(5-9)26-2)27-15(20,21)12(16)14(17,18)19/h3-7,12H,1-2H3,(H2,22,24). The first-order valence-electron chi connectivity index (χ1n) is 7.25. The van der Waals surface area contributed by atoms with Crippen LogP contribution in [0.5, 0.6) is 11.5 Å². The van der Waals surface area contributed by atoms with Crippen LogP contribution in [0.4, 0.5) is 32.3 Å². The van der Waals surface area contributed by atoms with Crippen LogP contribution in [0.1, 0.15) is 11.3 Å². The van der Waals surface area contributed by atoms with Crippen molar-refractivity contribution in [3.8, 4) is 11.5 Å². The monoisotopic (exact) mass is 396 g/mol. The fraction of sp³-hybridized carbons (Fsp3) is 0.333. The zero-order chi connectivity index (χ0) is 20.4. The molecule has 0 saturated carbocycles. The summed E-state index contributed by atoms with van der Waals surface area (Å²) >= 11 is 0. The van der Waals surface area contributed by atoms with Gasteiger partial charge in [-0.05, 0) is 30.7 Å². The van der Waals surface area contributed by atoms with E-state index in [4.69, 9.17) is 10.5 Å². The van der Waals surface area contributed by atoms with E-state index >= 15 is 0 Å². The third kappa shape index (κ3) is 4.83. The molecule has 0 aliphatic rings. The van der Waals surface area contributed by atoms with Crippen LogP contribution in [0.3, 0.4) is 0 Å². The van der Waals surface area contributed by atoms with Gasteiger partial charge in [0.2, 0.25) is 5.95 Å². The molecule has 27 heavy (non-hydrogen) atoms. The van der Waals surface area contributed by atoms with E-state index in [2.05, 4.69) is 14.8 Å². The van der Waals surface area contributed by atoms with E-state index in [1.165, 1.54) is 23.2 Å². The first kappa shape index (κ1) is 20.4. The van der Waals surface area contributed by atoms with Gasteiger partial charge in [-0.25, -0.2) is 14.1 Å². The number of benzene rings is 1. The highest BCUT2D eigenvalue weighted by Crippen LogP contribution is 2.39. The molecule has 0 fully saturated rings. The molecular weight excluding hydrogens is 382 g/mol. The van der Waals surface area contributed by atoms with Gasteiger partial charge in [-0.15, -0.1) is 0 Å². The van der Waals surface area contributed by atoms with Crippen molar-refractivity contribution in [3.63, 3.8) is 0 Å². The molecular formula is C15H14F6N4O2. The maximum Gasteiger partial charge on any atom is 0.439 e. The molecule has 0 bridgehead atoms. The molecule has 148 valence electrons. The second-order valence-corrected chi connectivity index (χ2v) is 5.31. The van der Waals surface area contributed by atoms with Gasteiger partial charge >= 0.3 is 12.3 Å². The number of aromatic nitrogens is 2. The van der Waals surface area contributed by atoms with Crippen molar-refractivity contribution in [1.82, 2.24) is 9.66 Å². The Kier molecular flexibility index (Phi) is 5.56. The normalized spacial score (nSPS) is 13.8. The Balaban J connectivity index is 2.24. The smallest absolute Gasteiger partial charge is 0.439 e. The minimum absolute atomic E-state index is 0.108. The molecule has 6 nitrogen and oxygen atoms in total. The summed E-state index contributed by atoms with van der Waals surface area (Å²) in [5, 5.41) is 3.99. The summed E-state index contributed by atoms with van der Waals surface area (Å²) in [6, 6.07) is 3.27. The summed E-state index contributed by atoms with van der Waals surface area (Å²) in [6.07, 6.45) is -12.6.